The zero-order valence-corrected chi connectivity index (χ0v) is 5.76. The van der Waals surface area contributed by atoms with E-state index >= 15 is 0 Å². The van der Waals surface area contributed by atoms with Gasteiger partial charge in [0.05, 0.1) is 11.9 Å². The molecule has 0 aliphatic carbocycles. The van der Waals surface area contributed by atoms with E-state index in [0.717, 1.165) is 11.3 Å². The third kappa shape index (κ3) is 1.19. The lowest BCUT2D eigenvalue weighted by atomic mass is 10.2. The second-order valence-electron chi connectivity index (χ2n) is 2.15. The van der Waals surface area contributed by atoms with E-state index in [-0.39, 0.29) is 0 Å². The van der Waals surface area contributed by atoms with E-state index < -0.39 is 0 Å². The summed E-state index contributed by atoms with van der Waals surface area (Å²) in [7, 11) is 1.88. The van der Waals surface area contributed by atoms with Crippen molar-refractivity contribution in [1.82, 2.24) is 5.01 Å². The van der Waals surface area contributed by atoms with Crippen LogP contribution in [0.5, 0.6) is 0 Å². The van der Waals surface area contributed by atoms with Crippen LogP contribution in [0.4, 0.5) is 0 Å². The van der Waals surface area contributed by atoms with E-state index in [4.69, 9.17) is 0 Å². The topological polar surface area (TPSA) is 15.6 Å². The van der Waals surface area contributed by atoms with Crippen LogP contribution in [0.15, 0.2) is 29.0 Å². The highest BCUT2D eigenvalue weighted by Crippen LogP contribution is 2.08. The average Bonchev–Trinajstić information content (AvgIpc) is 1.80. The molecule has 1 rings (SSSR count). The van der Waals surface area contributed by atoms with Crippen molar-refractivity contribution in [3.05, 3.63) is 23.9 Å². The molecule has 0 radical (unpaired) electrons. The number of rotatable bonds is 0. The maximum absolute atomic E-state index is 4.03. The van der Waals surface area contributed by atoms with Gasteiger partial charge in [0.2, 0.25) is 0 Å². The second kappa shape index (κ2) is 2.05. The Morgan fingerprint density at radius 2 is 2.33 bits per heavy atom. The van der Waals surface area contributed by atoms with E-state index in [9.17, 15) is 0 Å². The minimum atomic E-state index is 0.940. The lowest BCUT2D eigenvalue weighted by molar-refractivity contribution is 0.461. The van der Waals surface area contributed by atoms with Gasteiger partial charge in [-0.3, -0.25) is 5.01 Å². The summed E-state index contributed by atoms with van der Waals surface area (Å²) in [4.78, 5) is 0. The Balaban J connectivity index is 2.82. The third-order valence-electron chi connectivity index (χ3n) is 1.24. The molecule has 1 aliphatic rings. The highest BCUT2D eigenvalue weighted by atomic mass is 15.4. The molecular weight excluding hydrogens is 112 g/mol. The first-order valence-electron chi connectivity index (χ1n) is 2.85. The van der Waals surface area contributed by atoms with Crippen molar-refractivity contribution in [1.29, 1.82) is 0 Å². The van der Waals surface area contributed by atoms with Gasteiger partial charge in [-0.25, -0.2) is 0 Å². The van der Waals surface area contributed by atoms with Crippen molar-refractivity contribution in [3.63, 3.8) is 0 Å². The zero-order chi connectivity index (χ0) is 6.85. The Morgan fingerprint density at radius 1 is 1.67 bits per heavy atom. The summed E-state index contributed by atoms with van der Waals surface area (Å²) < 4.78 is 0. The highest BCUT2D eigenvalue weighted by molar-refractivity contribution is 5.79. The van der Waals surface area contributed by atoms with E-state index in [0.29, 0.717) is 0 Å². The predicted octanol–water partition coefficient (Wildman–Crippen LogP) is 1.38. The maximum Gasteiger partial charge on any atom is 0.0522 e. The summed E-state index contributed by atoms with van der Waals surface area (Å²) >= 11 is 0. The van der Waals surface area contributed by atoms with Crippen molar-refractivity contribution < 1.29 is 0 Å². The fraction of sp³-hybridized carbons (Fsp3) is 0.286. The molecule has 0 saturated heterocycles. The van der Waals surface area contributed by atoms with Crippen molar-refractivity contribution >= 4 is 6.21 Å². The molecular formula is C7H10N2. The lowest BCUT2D eigenvalue weighted by Gasteiger charge is -2.16. The molecule has 0 aromatic rings. The molecule has 0 bridgehead atoms. The molecule has 0 aromatic carbocycles. The van der Waals surface area contributed by atoms with Gasteiger partial charge in [-0.2, -0.15) is 5.10 Å². The van der Waals surface area contributed by atoms with Crippen molar-refractivity contribution in [2.24, 2.45) is 5.10 Å². The minimum Gasteiger partial charge on any atom is -0.269 e. The fourth-order valence-electron chi connectivity index (χ4n) is 0.645. The molecule has 0 amide bonds. The third-order valence-corrected chi connectivity index (χ3v) is 1.24. The van der Waals surface area contributed by atoms with Crippen molar-refractivity contribution in [2.75, 3.05) is 7.05 Å². The zero-order valence-electron chi connectivity index (χ0n) is 5.76. The molecule has 2 heteroatoms. The lowest BCUT2D eigenvalue weighted by Crippen LogP contribution is -2.11. The maximum atomic E-state index is 4.03. The largest absolute Gasteiger partial charge is 0.269 e. The van der Waals surface area contributed by atoms with Crippen LogP contribution in [0, 0.1) is 0 Å². The quantitative estimate of drug-likeness (QED) is 0.474. The minimum absolute atomic E-state index is 0.940. The van der Waals surface area contributed by atoms with Crippen LogP contribution in [0.25, 0.3) is 0 Å². The number of hydrazone groups is 1. The second-order valence-corrected chi connectivity index (χ2v) is 2.15. The van der Waals surface area contributed by atoms with Crippen LogP contribution in [-0.4, -0.2) is 18.3 Å². The van der Waals surface area contributed by atoms with Crippen LogP contribution in [0.1, 0.15) is 6.92 Å². The first-order valence-corrected chi connectivity index (χ1v) is 2.85. The molecule has 48 valence electrons. The molecule has 0 aromatic heterocycles. The summed E-state index contributed by atoms with van der Waals surface area (Å²) in [6.45, 7) is 5.78. The summed E-state index contributed by atoms with van der Waals surface area (Å²) in [5.41, 5.74) is 2.09. The fourth-order valence-corrected chi connectivity index (χ4v) is 0.645. The van der Waals surface area contributed by atoms with Crippen LogP contribution in [-0.2, 0) is 0 Å². The van der Waals surface area contributed by atoms with Gasteiger partial charge in [-0.05, 0) is 18.6 Å². The summed E-state index contributed by atoms with van der Waals surface area (Å²) in [6, 6.07) is 0. The normalized spacial score (nSPS) is 18.2. The van der Waals surface area contributed by atoms with Crippen LogP contribution < -0.4 is 0 Å². The van der Waals surface area contributed by atoms with Gasteiger partial charge in [-0.1, -0.05) is 6.58 Å². The Morgan fingerprint density at radius 3 is 2.78 bits per heavy atom. The van der Waals surface area contributed by atoms with Gasteiger partial charge in [0.25, 0.3) is 0 Å². The van der Waals surface area contributed by atoms with Crippen LogP contribution in [0.2, 0.25) is 0 Å². The van der Waals surface area contributed by atoms with E-state index in [1.807, 2.05) is 26.3 Å². The highest BCUT2D eigenvalue weighted by Gasteiger charge is 1.99. The molecule has 9 heavy (non-hydrogen) atoms. The van der Waals surface area contributed by atoms with E-state index in [2.05, 4.69) is 11.7 Å². The first kappa shape index (κ1) is 6.08. The summed E-state index contributed by atoms with van der Waals surface area (Å²) in [5, 5.41) is 5.78. The Labute approximate surface area is 55.2 Å². The van der Waals surface area contributed by atoms with Crippen LogP contribution in [0.3, 0.4) is 0 Å². The number of allylic oxidation sites excluding steroid dienone is 2. The van der Waals surface area contributed by atoms with Gasteiger partial charge < -0.3 is 0 Å². The molecule has 0 atom stereocenters. The SMILES string of the molecule is C=C1C=C(C)C=NN1C. The number of hydrogen-bond acceptors (Lipinski definition) is 2. The standard InChI is InChI=1S/C7H10N2/c1-6-4-7(2)9(3)8-5-6/h4-5H,2H2,1,3H3. The first-order chi connectivity index (χ1) is 4.20. The number of hydrogen-bond donors (Lipinski definition) is 0. The Kier molecular flexibility index (Phi) is 1.39. The van der Waals surface area contributed by atoms with Gasteiger partial charge in [-0.15, -0.1) is 0 Å². The molecule has 0 fully saturated rings. The van der Waals surface area contributed by atoms with E-state index in [1.165, 1.54) is 0 Å². The van der Waals surface area contributed by atoms with Crippen LogP contribution >= 0.6 is 0 Å². The van der Waals surface area contributed by atoms with E-state index in [1.54, 1.807) is 5.01 Å². The molecule has 0 N–H and O–H groups in total. The Bertz CT molecular complexity index is 189. The van der Waals surface area contributed by atoms with Crippen molar-refractivity contribution in [2.45, 2.75) is 6.92 Å². The van der Waals surface area contributed by atoms with Crippen molar-refractivity contribution in [3.8, 4) is 0 Å². The monoisotopic (exact) mass is 122 g/mol. The molecule has 1 heterocycles. The van der Waals surface area contributed by atoms with Gasteiger partial charge >= 0.3 is 0 Å². The predicted molar refractivity (Wildman–Crippen MR) is 39.2 cm³/mol. The van der Waals surface area contributed by atoms with Gasteiger partial charge in [0, 0.05) is 7.05 Å². The number of likely N-dealkylation sites (N-methyl/N-ethyl adjacent to an activating group) is 1. The van der Waals surface area contributed by atoms with Gasteiger partial charge in [0.1, 0.15) is 0 Å². The Hall–Kier alpha value is -1.05. The molecule has 0 saturated carbocycles. The number of nitrogens with zero attached hydrogens (tertiary/aromatic N) is 2. The summed E-state index contributed by atoms with van der Waals surface area (Å²) in [6.07, 6.45) is 3.81. The van der Waals surface area contributed by atoms with Gasteiger partial charge in [0.15, 0.2) is 0 Å². The average molecular weight is 122 g/mol. The smallest absolute Gasteiger partial charge is 0.0522 e. The molecule has 2 nitrogen and oxygen atoms in total. The molecule has 0 unspecified atom stereocenters. The molecule has 1 aliphatic heterocycles. The molecule has 0 spiro atoms. The summed E-state index contributed by atoms with van der Waals surface area (Å²) in [5.74, 6) is 0.